The molecule has 100 valence electrons. The predicted molar refractivity (Wildman–Crippen MR) is 73.2 cm³/mol. The number of rotatable bonds is 6. The summed E-state index contributed by atoms with van der Waals surface area (Å²) in [6, 6.07) is 10.1. The zero-order valence-corrected chi connectivity index (χ0v) is 11.1. The quantitative estimate of drug-likeness (QED) is 0.439. The van der Waals surface area contributed by atoms with Crippen LogP contribution in [0.25, 0.3) is 10.4 Å². The highest BCUT2D eigenvalue weighted by Crippen LogP contribution is 2.35. The molecule has 0 aliphatic heterocycles. The Kier molecular flexibility index (Phi) is 4.42. The van der Waals surface area contributed by atoms with Gasteiger partial charge in [-0.05, 0) is 36.8 Å². The van der Waals surface area contributed by atoms with Crippen molar-refractivity contribution >= 4 is 5.91 Å². The summed E-state index contributed by atoms with van der Waals surface area (Å²) >= 11 is 0. The van der Waals surface area contributed by atoms with E-state index in [4.69, 9.17) is 5.53 Å². The third-order valence-electron chi connectivity index (χ3n) is 3.58. The summed E-state index contributed by atoms with van der Waals surface area (Å²) in [6.45, 7) is 2.56. The van der Waals surface area contributed by atoms with Crippen LogP contribution in [0.1, 0.15) is 25.3 Å². The van der Waals surface area contributed by atoms with E-state index in [1.165, 1.54) is 12.8 Å². The molecule has 5 nitrogen and oxygen atoms in total. The van der Waals surface area contributed by atoms with Gasteiger partial charge in [0.05, 0.1) is 0 Å². The van der Waals surface area contributed by atoms with E-state index < -0.39 is 0 Å². The van der Waals surface area contributed by atoms with Gasteiger partial charge >= 0.3 is 0 Å². The predicted octanol–water partition coefficient (Wildman–Crippen LogP) is 3.12. The SMILES string of the molecule is CC(C1CC1)N(Cc1ccccc1)C(=O)CN=[N+]=[N-]. The van der Waals surface area contributed by atoms with Crippen molar-refractivity contribution in [2.75, 3.05) is 6.54 Å². The van der Waals surface area contributed by atoms with Crippen molar-refractivity contribution < 1.29 is 4.79 Å². The molecule has 1 saturated carbocycles. The van der Waals surface area contributed by atoms with E-state index in [0.717, 1.165) is 5.56 Å². The molecular formula is C14H18N4O. The molecule has 1 aromatic rings. The summed E-state index contributed by atoms with van der Waals surface area (Å²) in [4.78, 5) is 16.6. The molecule has 0 saturated heterocycles. The molecule has 0 spiro atoms. The number of benzene rings is 1. The molecule has 1 aliphatic carbocycles. The van der Waals surface area contributed by atoms with Gasteiger partial charge in [-0.3, -0.25) is 4.79 Å². The number of amides is 1. The van der Waals surface area contributed by atoms with Gasteiger partial charge in [0, 0.05) is 17.5 Å². The average molecular weight is 258 g/mol. The molecule has 2 rings (SSSR count). The lowest BCUT2D eigenvalue weighted by Crippen LogP contribution is -2.40. The van der Waals surface area contributed by atoms with E-state index in [1.54, 1.807) is 0 Å². The van der Waals surface area contributed by atoms with Crippen LogP contribution in [0, 0.1) is 5.92 Å². The molecule has 5 heteroatoms. The molecule has 1 fully saturated rings. The van der Waals surface area contributed by atoms with Crippen molar-refractivity contribution in [3.05, 3.63) is 46.3 Å². The van der Waals surface area contributed by atoms with Crippen LogP contribution in [0.5, 0.6) is 0 Å². The normalized spacial score (nSPS) is 15.4. The van der Waals surface area contributed by atoms with Crippen LogP contribution in [-0.4, -0.2) is 23.4 Å². The molecule has 1 atom stereocenters. The van der Waals surface area contributed by atoms with Crippen LogP contribution in [0.15, 0.2) is 35.4 Å². The number of azide groups is 1. The summed E-state index contributed by atoms with van der Waals surface area (Å²) in [5, 5.41) is 3.39. The fourth-order valence-electron chi connectivity index (χ4n) is 2.26. The van der Waals surface area contributed by atoms with Crippen molar-refractivity contribution in [2.24, 2.45) is 11.0 Å². The second kappa shape index (κ2) is 6.25. The Morgan fingerprint density at radius 3 is 2.74 bits per heavy atom. The lowest BCUT2D eigenvalue weighted by molar-refractivity contribution is -0.132. The Hall–Kier alpha value is -2.00. The van der Waals surface area contributed by atoms with Gasteiger partial charge in [0.25, 0.3) is 0 Å². The maximum Gasteiger partial charge on any atom is 0.228 e. The summed E-state index contributed by atoms with van der Waals surface area (Å²) in [7, 11) is 0. The van der Waals surface area contributed by atoms with E-state index in [2.05, 4.69) is 16.9 Å². The highest BCUT2D eigenvalue weighted by molar-refractivity contribution is 5.78. The molecule has 1 unspecified atom stereocenters. The summed E-state index contributed by atoms with van der Waals surface area (Å²) in [6.07, 6.45) is 2.36. The zero-order valence-electron chi connectivity index (χ0n) is 11.1. The van der Waals surface area contributed by atoms with Crippen LogP contribution < -0.4 is 0 Å². The van der Waals surface area contributed by atoms with E-state index in [0.29, 0.717) is 12.5 Å². The largest absolute Gasteiger partial charge is 0.335 e. The fourth-order valence-corrected chi connectivity index (χ4v) is 2.26. The molecule has 0 bridgehead atoms. The molecule has 1 amide bonds. The first-order valence-corrected chi connectivity index (χ1v) is 6.56. The molecule has 0 radical (unpaired) electrons. The van der Waals surface area contributed by atoms with Crippen molar-refractivity contribution in [1.82, 2.24) is 4.90 Å². The monoisotopic (exact) mass is 258 g/mol. The number of hydrogen-bond donors (Lipinski definition) is 0. The zero-order chi connectivity index (χ0) is 13.7. The Bertz CT molecular complexity index is 477. The third kappa shape index (κ3) is 3.73. The van der Waals surface area contributed by atoms with E-state index in [-0.39, 0.29) is 18.5 Å². The fraction of sp³-hybridized carbons (Fsp3) is 0.500. The highest BCUT2D eigenvalue weighted by atomic mass is 16.2. The van der Waals surface area contributed by atoms with Gasteiger partial charge < -0.3 is 4.90 Å². The molecule has 1 aliphatic rings. The number of carbonyl (C=O) groups excluding carboxylic acids is 1. The van der Waals surface area contributed by atoms with Crippen LogP contribution in [-0.2, 0) is 11.3 Å². The van der Waals surface area contributed by atoms with E-state index in [1.807, 2.05) is 35.2 Å². The Labute approximate surface area is 112 Å². The lowest BCUT2D eigenvalue weighted by Gasteiger charge is -2.29. The van der Waals surface area contributed by atoms with E-state index >= 15 is 0 Å². The van der Waals surface area contributed by atoms with Gasteiger partial charge in [0.2, 0.25) is 5.91 Å². The topological polar surface area (TPSA) is 69.1 Å². The summed E-state index contributed by atoms with van der Waals surface area (Å²) in [5.74, 6) is 0.500. The molecule has 19 heavy (non-hydrogen) atoms. The van der Waals surface area contributed by atoms with Gasteiger partial charge in [0.15, 0.2) is 0 Å². The van der Waals surface area contributed by atoms with Crippen molar-refractivity contribution in [2.45, 2.75) is 32.4 Å². The number of carbonyl (C=O) groups is 1. The van der Waals surface area contributed by atoms with Crippen LogP contribution in [0.3, 0.4) is 0 Å². The standard InChI is InChI=1S/C14H18N4O/c1-11(13-7-8-13)18(14(19)9-16-17-15)10-12-5-3-2-4-6-12/h2-6,11,13H,7-10H2,1H3. The van der Waals surface area contributed by atoms with E-state index in [9.17, 15) is 4.79 Å². The van der Waals surface area contributed by atoms with Crippen LogP contribution in [0.4, 0.5) is 0 Å². The van der Waals surface area contributed by atoms with Gasteiger partial charge in [0.1, 0.15) is 6.54 Å². The summed E-state index contributed by atoms with van der Waals surface area (Å²) < 4.78 is 0. The molecule has 1 aromatic carbocycles. The highest BCUT2D eigenvalue weighted by Gasteiger charge is 2.33. The third-order valence-corrected chi connectivity index (χ3v) is 3.58. The first kappa shape index (κ1) is 13.4. The van der Waals surface area contributed by atoms with Gasteiger partial charge in [-0.1, -0.05) is 35.4 Å². The summed E-state index contributed by atoms with van der Waals surface area (Å²) in [5.41, 5.74) is 9.44. The number of hydrogen-bond acceptors (Lipinski definition) is 2. The lowest BCUT2D eigenvalue weighted by atomic mass is 10.1. The van der Waals surface area contributed by atoms with Gasteiger partial charge in [-0.2, -0.15) is 0 Å². The molecule has 0 N–H and O–H groups in total. The van der Waals surface area contributed by atoms with Crippen LogP contribution in [0.2, 0.25) is 0 Å². The van der Waals surface area contributed by atoms with Crippen molar-refractivity contribution in [3.63, 3.8) is 0 Å². The average Bonchev–Trinajstić information content (AvgIpc) is 3.27. The van der Waals surface area contributed by atoms with Crippen molar-refractivity contribution in [3.8, 4) is 0 Å². The van der Waals surface area contributed by atoms with Gasteiger partial charge in [-0.15, -0.1) is 0 Å². The molecular weight excluding hydrogens is 240 g/mol. The molecule has 0 aromatic heterocycles. The van der Waals surface area contributed by atoms with Crippen molar-refractivity contribution in [1.29, 1.82) is 0 Å². The first-order valence-electron chi connectivity index (χ1n) is 6.56. The second-order valence-corrected chi connectivity index (χ2v) is 4.97. The minimum Gasteiger partial charge on any atom is -0.335 e. The smallest absolute Gasteiger partial charge is 0.228 e. The Balaban J connectivity index is 2.09. The van der Waals surface area contributed by atoms with Gasteiger partial charge in [-0.25, -0.2) is 0 Å². The first-order chi connectivity index (χ1) is 9.22. The molecule has 0 heterocycles. The maximum absolute atomic E-state index is 12.1. The van der Waals surface area contributed by atoms with Crippen LogP contribution >= 0.6 is 0 Å². The second-order valence-electron chi connectivity index (χ2n) is 4.97. The minimum absolute atomic E-state index is 0.0962. The number of nitrogens with zero attached hydrogens (tertiary/aromatic N) is 4. The Morgan fingerprint density at radius 1 is 1.47 bits per heavy atom. The maximum atomic E-state index is 12.1. The Morgan fingerprint density at radius 2 is 2.16 bits per heavy atom. The minimum atomic E-state index is -0.0968.